The molecule has 0 saturated heterocycles. The number of amides is 1. The molecule has 0 atom stereocenters. The van der Waals surface area contributed by atoms with Gasteiger partial charge in [0.15, 0.2) is 6.61 Å². The number of carbonyl (C=O) groups excluding carboxylic acids is 1. The number of hydrogen-bond donors (Lipinski definition) is 1. The van der Waals surface area contributed by atoms with E-state index in [1.807, 2.05) is 6.07 Å². The Labute approximate surface area is 125 Å². The van der Waals surface area contributed by atoms with E-state index in [0.29, 0.717) is 37.0 Å². The SMILES string of the molecule is CC(C)CCOCCNC(=O)COc1ccccc1C#N. The van der Waals surface area contributed by atoms with Crippen molar-refractivity contribution in [1.82, 2.24) is 5.32 Å². The lowest BCUT2D eigenvalue weighted by molar-refractivity contribution is -0.123. The lowest BCUT2D eigenvalue weighted by atomic mass is 10.1. The monoisotopic (exact) mass is 290 g/mol. The molecule has 0 heterocycles. The van der Waals surface area contributed by atoms with Crippen LogP contribution in [0, 0.1) is 17.2 Å². The van der Waals surface area contributed by atoms with E-state index in [1.54, 1.807) is 24.3 Å². The summed E-state index contributed by atoms with van der Waals surface area (Å²) in [6.07, 6.45) is 1.02. The standard InChI is InChI=1S/C16H22N2O3/c1-13(2)7-9-20-10-8-18-16(19)12-21-15-6-4-3-5-14(15)11-17/h3-6,13H,7-10,12H2,1-2H3,(H,18,19). The van der Waals surface area contributed by atoms with E-state index in [2.05, 4.69) is 19.2 Å². The first-order valence-electron chi connectivity index (χ1n) is 7.10. The van der Waals surface area contributed by atoms with E-state index in [1.165, 1.54) is 0 Å². The zero-order valence-electron chi connectivity index (χ0n) is 12.6. The van der Waals surface area contributed by atoms with Crippen LogP contribution in [-0.4, -0.2) is 32.3 Å². The molecule has 0 aromatic heterocycles. The van der Waals surface area contributed by atoms with Gasteiger partial charge in [0.05, 0.1) is 12.2 Å². The van der Waals surface area contributed by atoms with Gasteiger partial charge in [-0.15, -0.1) is 0 Å². The lowest BCUT2D eigenvalue weighted by Gasteiger charge is -2.09. The Kier molecular flexibility index (Phi) is 7.92. The number of nitrogens with one attached hydrogen (secondary N) is 1. The smallest absolute Gasteiger partial charge is 0.258 e. The minimum atomic E-state index is -0.227. The number of benzene rings is 1. The second-order valence-corrected chi connectivity index (χ2v) is 5.04. The van der Waals surface area contributed by atoms with Crippen molar-refractivity contribution in [3.05, 3.63) is 29.8 Å². The molecule has 21 heavy (non-hydrogen) atoms. The second kappa shape index (κ2) is 9.78. The zero-order valence-corrected chi connectivity index (χ0v) is 12.6. The Bertz CT molecular complexity index is 481. The van der Waals surface area contributed by atoms with Gasteiger partial charge in [0.2, 0.25) is 0 Å². The van der Waals surface area contributed by atoms with Crippen molar-refractivity contribution in [2.24, 2.45) is 5.92 Å². The normalized spacial score (nSPS) is 10.2. The molecule has 0 fully saturated rings. The maximum atomic E-state index is 11.6. The van der Waals surface area contributed by atoms with Crippen molar-refractivity contribution >= 4 is 5.91 Å². The van der Waals surface area contributed by atoms with Crippen LogP contribution in [0.3, 0.4) is 0 Å². The van der Waals surface area contributed by atoms with Crippen molar-refractivity contribution in [1.29, 1.82) is 5.26 Å². The van der Waals surface area contributed by atoms with E-state index >= 15 is 0 Å². The van der Waals surface area contributed by atoms with E-state index in [-0.39, 0.29) is 12.5 Å². The number of para-hydroxylation sites is 1. The topological polar surface area (TPSA) is 71.3 Å². The van der Waals surface area contributed by atoms with Gasteiger partial charge in [0.1, 0.15) is 11.8 Å². The van der Waals surface area contributed by atoms with Crippen molar-refractivity contribution in [2.45, 2.75) is 20.3 Å². The Balaban J connectivity index is 2.16. The molecule has 0 aliphatic rings. The Morgan fingerprint density at radius 1 is 1.33 bits per heavy atom. The summed E-state index contributed by atoms with van der Waals surface area (Å²) in [5, 5.41) is 11.6. The largest absolute Gasteiger partial charge is 0.482 e. The summed E-state index contributed by atoms with van der Waals surface area (Å²) in [5.74, 6) is 0.812. The summed E-state index contributed by atoms with van der Waals surface area (Å²) < 4.78 is 10.7. The minimum Gasteiger partial charge on any atom is -0.482 e. The molecule has 0 radical (unpaired) electrons. The molecule has 1 amide bonds. The average molecular weight is 290 g/mol. The summed E-state index contributed by atoms with van der Waals surface area (Å²) in [5.41, 5.74) is 0.419. The molecule has 1 aromatic carbocycles. The Hall–Kier alpha value is -2.06. The maximum absolute atomic E-state index is 11.6. The minimum absolute atomic E-state index is 0.106. The van der Waals surface area contributed by atoms with Crippen LogP contribution < -0.4 is 10.1 Å². The fourth-order valence-corrected chi connectivity index (χ4v) is 1.56. The van der Waals surface area contributed by atoms with Crippen LogP contribution in [0.2, 0.25) is 0 Å². The first kappa shape index (κ1) is 17.0. The fourth-order valence-electron chi connectivity index (χ4n) is 1.56. The van der Waals surface area contributed by atoms with E-state index < -0.39 is 0 Å². The molecular weight excluding hydrogens is 268 g/mol. The lowest BCUT2D eigenvalue weighted by Crippen LogP contribution is -2.31. The van der Waals surface area contributed by atoms with Crippen molar-refractivity contribution in [2.75, 3.05) is 26.4 Å². The van der Waals surface area contributed by atoms with Crippen molar-refractivity contribution in [3.63, 3.8) is 0 Å². The molecule has 0 unspecified atom stereocenters. The first-order chi connectivity index (χ1) is 10.1. The number of nitrogens with zero attached hydrogens (tertiary/aromatic N) is 1. The van der Waals surface area contributed by atoms with Crippen LogP contribution in [0.15, 0.2) is 24.3 Å². The van der Waals surface area contributed by atoms with Gasteiger partial charge >= 0.3 is 0 Å². The van der Waals surface area contributed by atoms with Gasteiger partial charge in [0, 0.05) is 13.2 Å². The Morgan fingerprint density at radius 3 is 2.81 bits per heavy atom. The van der Waals surface area contributed by atoms with Gasteiger partial charge in [-0.3, -0.25) is 4.79 Å². The van der Waals surface area contributed by atoms with Crippen molar-refractivity contribution in [3.8, 4) is 11.8 Å². The molecular formula is C16H22N2O3. The molecule has 0 bridgehead atoms. The van der Waals surface area contributed by atoms with Gasteiger partial charge in [-0.05, 0) is 24.5 Å². The second-order valence-electron chi connectivity index (χ2n) is 5.04. The average Bonchev–Trinajstić information content (AvgIpc) is 2.48. The third kappa shape index (κ3) is 7.33. The van der Waals surface area contributed by atoms with Crippen LogP contribution in [0.5, 0.6) is 5.75 Å². The first-order valence-corrected chi connectivity index (χ1v) is 7.10. The van der Waals surface area contributed by atoms with E-state index in [9.17, 15) is 4.79 Å². The number of carbonyl (C=O) groups is 1. The highest BCUT2D eigenvalue weighted by Crippen LogP contribution is 2.15. The summed E-state index contributed by atoms with van der Waals surface area (Å²) in [7, 11) is 0. The number of hydrogen-bond acceptors (Lipinski definition) is 4. The van der Waals surface area contributed by atoms with Crippen LogP contribution in [0.4, 0.5) is 0 Å². The van der Waals surface area contributed by atoms with Crippen LogP contribution >= 0.6 is 0 Å². The fraction of sp³-hybridized carbons (Fsp3) is 0.500. The summed E-state index contributed by atoms with van der Waals surface area (Å²) >= 11 is 0. The highest BCUT2D eigenvalue weighted by Gasteiger charge is 2.05. The van der Waals surface area contributed by atoms with Gasteiger partial charge in [-0.2, -0.15) is 5.26 Å². The summed E-state index contributed by atoms with van der Waals surface area (Å²) in [6.45, 7) is 5.83. The molecule has 5 heteroatoms. The Morgan fingerprint density at radius 2 is 2.10 bits per heavy atom. The number of nitriles is 1. The highest BCUT2D eigenvalue weighted by molar-refractivity contribution is 5.77. The van der Waals surface area contributed by atoms with Gasteiger partial charge in [0.25, 0.3) is 5.91 Å². The molecule has 5 nitrogen and oxygen atoms in total. The molecule has 1 aromatic rings. The predicted octanol–water partition coefficient (Wildman–Crippen LogP) is 2.12. The molecule has 0 spiro atoms. The zero-order chi connectivity index (χ0) is 15.5. The molecule has 1 N–H and O–H groups in total. The van der Waals surface area contributed by atoms with Crippen LogP contribution in [0.25, 0.3) is 0 Å². The number of rotatable bonds is 9. The predicted molar refractivity (Wildman–Crippen MR) is 79.9 cm³/mol. The summed E-state index contributed by atoms with van der Waals surface area (Å²) in [4.78, 5) is 11.6. The van der Waals surface area contributed by atoms with Crippen LogP contribution in [0.1, 0.15) is 25.8 Å². The molecule has 0 saturated carbocycles. The molecule has 1 rings (SSSR count). The third-order valence-corrected chi connectivity index (χ3v) is 2.77. The number of ether oxygens (including phenoxy) is 2. The van der Waals surface area contributed by atoms with Gasteiger partial charge < -0.3 is 14.8 Å². The molecule has 0 aliphatic carbocycles. The third-order valence-electron chi connectivity index (χ3n) is 2.77. The quantitative estimate of drug-likeness (QED) is 0.707. The summed E-state index contributed by atoms with van der Waals surface area (Å²) in [6, 6.07) is 8.84. The van der Waals surface area contributed by atoms with Gasteiger partial charge in [-0.25, -0.2) is 0 Å². The maximum Gasteiger partial charge on any atom is 0.258 e. The van der Waals surface area contributed by atoms with Gasteiger partial charge in [-0.1, -0.05) is 26.0 Å². The van der Waals surface area contributed by atoms with Crippen LogP contribution in [-0.2, 0) is 9.53 Å². The van der Waals surface area contributed by atoms with E-state index in [4.69, 9.17) is 14.7 Å². The molecule has 114 valence electrons. The molecule has 0 aliphatic heterocycles. The highest BCUT2D eigenvalue weighted by atomic mass is 16.5. The van der Waals surface area contributed by atoms with E-state index in [0.717, 1.165) is 6.42 Å². The van der Waals surface area contributed by atoms with Crippen molar-refractivity contribution < 1.29 is 14.3 Å².